The summed E-state index contributed by atoms with van der Waals surface area (Å²) in [6.07, 6.45) is 10.2. The summed E-state index contributed by atoms with van der Waals surface area (Å²) in [4.78, 5) is 17.2. The second-order valence-electron chi connectivity index (χ2n) is 8.92. The van der Waals surface area contributed by atoms with Crippen molar-refractivity contribution in [3.63, 3.8) is 0 Å². The van der Waals surface area contributed by atoms with Gasteiger partial charge in [-0.1, -0.05) is 50.3 Å². The van der Waals surface area contributed by atoms with Gasteiger partial charge in [0, 0.05) is 37.9 Å². The maximum atomic E-state index is 12.6. The quantitative estimate of drug-likeness (QED) is 0.700. The van der Waals surface area contributed by atoms with Gasteiger partial charge in [-0.05, 0) is 56.5 Å². The second-order valence-corrected chi connectivity index (χ2v) is 9.31. The maximum Gasteiger partial charge on any atom is 0.238 e. The summed E-state index contributed by atoms with van der Waals surface area (Å²) < 4.78 is 0. The van der Waals surface area contributed by atoms with Gasteiger partial charge in [-0.3, -0.25) is 9.69 Å². The van der Waals surface area contributed by atoms with E-state index >= 15 is 0 Å². The number of nitrogens with one attached hydrogen (secondary N) is 2. The lowest BCUT2D eigenvalue weighted by molar-refractivity contribution is -0.117. The Balaban J connectivity index is 1.46. The average molecular weight is 431 g/mol. The SMILES string of the molecule is Cc1cccc(C)c1NC(=O)CN1CCCN(C(=S)NC2CCCCCCC2)CC1. The highest BCUT2D eigenvalue weighted by Crippen LogP contribution is 2.20. The minimum absolute atomic E-state index is 0.0658. The van der Waals surface area contributed by atoms with E-state index in [1.807, 2.05) is 32.0 Å². The summed E-state index contributed by atoms with van der Waals surface area (Å²) in [5.41, 5.74) is 3.16. The van der Waals surface area contributed by atoms with Crippen LogP contribution in [0.1, 0.15) is 62.5 Å². The van der Waals surface area contributed by atoms with E-state index in [0.717, 1.165) is 54.5 Å². The number of benzene rings is 1. The van der Waals surface area contributed by atoms with Crippen LogP contribution < -0.4 is 10.6 Å². The lowest BCUT2D eigenvalue weighted by atomic mass is 9.97. The van der Waals surface area contributed by atoms with Gasteiger partial charge in [-0.15, -0.1) is 0 Å². The molecule has 6 heteroatoms. The Morgan fingerprint density at radius 3 is 2.33 bits per heavy atom. The Bertz CT molecular complexity index is 695. The second kappa shape index (κ2) is 11.7. The van der Waals surface area contributed by atoms with E-state index in [-0.39, 0.29) is 5.91 Å². The van der Waals surface area contributed by atoms with E-state index in [9.17, 15) is 4.79 Å². The van der Waals surface area contributed by atoms with Crippen LogP contribution in [0.3, 0.4) is 0 Å². The first kappa shape index (κ1) is 23.0. The van der Waals surface area contributed by atoms with Gasteiger partial charge in [0.05, 0.1) is 6.54 Å². The Hall–Kier alpha value is -1.66. The highest BCUT2D eigenvalue weighted by molar-refractivity contribution is 7.80. The predicted octanol–water partition coefficient (Wildman–Crippen LogP) is 4.24. The third kappa shape index (κ3) is 6.95. The molecule has 2 fully saturated rings. The summed E-state index contributed by atoms with van der Waals surface area (Å²) >= 11 is 5.75. The van der Waals surface area contributed by atoms with E-state index in [4.69, 9.17) is 12.2 Å². The molecule has 1 saturated carbocycles. The van der Waals surface area contributed by atoms with Gasteiger partial charge in [0.1, 0.15) is 0 Å². The van der Waals surface area contributed by atoms with Gasteiger partial charge in [0.2, 0.25) is 5.91 Å². The molecule has 30 heavy (non-hydrogen) atoms. The molecule has 1 heterocycles. The lowest BCUT2D eigenvalue weighted by Crippen LogP contribution is -2.46. The van der Waals surface area contributed by atoms with Crippen LogP contribution in [0.15, 0.2) is 18.2 Å². The molecular weight excluding hydrogens is 392 g/mol. The monoisotopic (exact) mass is 430 g/mol. The van der Waals surface area contributed by atoms with Gasteiger partial charge in [0.25, 0.3) is 0 Å². The van der Waals surface area contributed by atoms with Crippen LogP contribution in [0.4, 0.5) is 5.69 Å². The number of anilines is 1. The van der Waals surface area contributed by atoms with Crippen molar-refractivity contribution in [3.8, 4) is 0 Å². The van der Waals surface area contributed by atoms with Gasteiger partial charge in [-0.2, -0.15) is 0 Å². The van der Waals surface area contributed by atoms with Gasteiger partial charge >= 0.3 is 0 Å². The zero-order valence-electron chi connectivity index (χ0n) is 18.7. The number of carbonyl (C=O) groups is 1. The van der Waals surface area contributed by atoms with Crippen LogP contribution in [0.2, 0.25) is 0 Å². The van der Waals surface area contributed by atoms with Crippen LogP contribution in [0, 0.1) is 13.8 Å². The van der Waals surface area contributed by atoms with E-state index in [2.05, 4.69) is 20.4 Å². The zero-order chi connectivity index (χ0) is 21.3. The zero-order valence-corrected chi connectivity index (χ0v) is 19.5. The highest BCUT2D eigenvalue weighted by Gasteiger charge is 2.21. The number of aryl methyl sites for hydroxylation is 2. The maximum absolute atomic E-state index is 12.6. The molecule has 1 amide bonds. The van der Waals surface area contributed by atoms with Crippen molar-refractivity contribution < 1.29 is 4.79 Å². The molecule has 1 aromatic carbocycles. The third-order valence-corrected chi connectivity index (χ3v) is 6.80. The summed E-state index contributed by atoms with van der Waals surface area (Å²) in [7, 11) is 0. The molecule has 2 aliphatic rings. The van der Waals surface area contributed by atoms with Crippen LogP contribution in [-0.4, -0.2) is 59.6 Å². The van der Waals surface area contributed by atoms with Crippen LogP contribution in [0.5, 0.6) is 0 Å². The van der Waals surface area contributed by atoms with Crippen molar-refractivity contribution in [1.29, 1.82) is 0 Å². The molecule has 0 radical (unpaired) electrons. The summed E-state index contributed by atoms with van der Waals surface area (Å²) in [6.45, 7) is 8.16. The van der Waals surface area contributed by atoms with Gasteiger partial charge in [0.15, 0.2) is 5.11 Å². The Kier molecular flexibility index (Phi) is 8.94. The van der Waals surface area contributed by atoms with Gasteiger partial charge < -0.3 is 15.5 Å². The average Bonchev–Trinajstić information content (AvgIpc) is 2.92. The molecular formula is C24H38N4OS. The molecule has 5 nitrogen and oxygen atoms in total. The summed E-state index contributed by atoms with van der Waals surface area (Å²) in [5, 5.41) is 7.66. The number of thiocarbonyl (C=S) groups is 1. The topological polar surface area (TPSA) is 47.6 Å². The number of hydrogen-bond acceptors (Lipinski definition) is 3. The molecule has 2 N–H and O–H groups in total. The van der Waals surface area contributed by atoms with Crippen LogP contribution in [0.25, 0.3) is 0 Å². The fourth-order valence-electron chi connectivity index (χ4n) is 4.59. The number of nitrogens with zero attached hydrogens (tertiary/aromatic N) is 2. The Labute approximate surface area is 187 Å². The first-order chi connectivity index (χ1) is 14.5. The molecule has 1 saturated heterocycles. The summed E-state index contributed by atoms with van der Waals surface area (Å²) in [5.74, 6) is 0.0658. The fraction of sp³-hybridized carbons (Fsp3) is 0.667. The van der Waals surface area contributed by atoms with Crippen LogP contribution >= 0.6 is 12.2 Å². The third-order valence-electron chi connectivity index (χ3n) is 6.42. The number of amides is 1. The van der Waals surface area contributed by atoms with E-state index in [1.165, 1.54) is 44.9 Å². The molecule has 1 aliphatic heterocycles. The van der Waals surface area contributed by atoms with E-state index in [0.29, 0.717) is 12.6 Å². The molecule has 0 spiro atoms. The first-order valence-electron chi connectivity index (χ1n) is 11.7. The number of carbonyl (C=O) groups excluding carboxylic acids is 1. The normalized spacial score (nSPS) is 19.5. The first-order valence-corrected chi connectivity index (χ1v) is 12.1. The van der Waals surface area contributed by atoms with Crippen molar-refractivity contribution in [2.75, 3.05) is 38.0 Å². The van der Waals surface area contributed by atoms with E-state index in [1.54, 1.807) is 0 Å². The molecule has 166 valence electrons. The van der Waals surface area contributed by atoms with E-state index < -0.39 is 0 Å². The number of para-hydroxylation sites is 1. The molecule has 0 atom stereocenters. The Morgan fingerprint density at radius 1 is 0.967 bits per heavy atom. The molecule has 0 unspecified atom stereocenters. The standard InChI is InChI=1S/C24H38N4OS/c1-19-10-8-11-20(2)23(19)26-22(29)18-27-14-9-15-28(17-16-27)24(30)25-21-12-6-4-3-5-7-13-21/h8,10-11,21H,3-7,9,12-18H2,1-2H3,(H,25,30)(H,26,29). The number of rotatable bonds is 4. The molecule has 1 aliphatic carbocycles. The van der Waals surface area contributed by atoms with Crippen molar-refractivity contribution in [3.05, 3.63) is 29.3 Å². The van der Waals surface area contributed by atoms with Crippen molar-refractivity contribution in [2.24, 2.45) is 0 Å². The largest absolute Gasteiger partial charge is 0.360 e. The summed E-state index contributed by atoms with van der Waals surface area (Å²) in [6, 6.07) is 6.63. The smallest absolute Gasteiger partial charge is 0.238 e. The fourth-order valence-corrected chi connectivity index (χ4v) is 4.94. The lowest BCUT2D eigenvalue weighted by Gasteiger charge is -2.29. The highest BCUT2D eigenvalue weighted by atomic mass is 32.1. The molecule has 1 aromatic rings. The van der Waals surface area contributed by atoms with Crippen LogP contribution in [-0.2, 0) is 4.79 Å². The van der Waals surface area contributed by atoms with Crippen molar-refractivity contribution >= 4 is 28.9 Å². The number of hydrogen-bond donors (Lipinski definition) is 2. The minimum Gasteiger partial charge on any atom is -0.360 e. The Morgan fingerprint density at radius 2 is 1.63 bits per heavy atom. The van der Waals surface area contributed by atoms with Crippen molar-refractivity contribution in [2.45, 2.75) is 71.3 Å². The molecule has 0 bridgehead atoms. The molecule has 0 aromatic heterocycles. The molecule has 3 rings (SSSR count). The minimum atomic E-state index is 0.0658. The van der Waals surface area contributed by atoms with Crippen molar-refractivity contribution in [1.82, 2.24) is 15.1 Å². The predicted molar refractivity (Wildman–Crippen MR) is 129 cm³/mol. The van der Waals surface area contributed by atoms with Gasteiger partial charge in [-0.25, -0.2) is 0 Å².